The molecule has 2 aromatic heterocycles. The number of hydrogen-bond donors (Lipinski definition) is 3. The second kappa shape index (κ2) is 8.59. The lowest BCUT2D eigenvalue weighted by atomic mass is 9.97. The summed E-state index contributed by atoms with van der Waals surface area (Å²) in [6.45, 7) is 0.890. The van der Waals surface area contributed by atoms with Crippen LogP contribution in [0.2, 0.25) is 0 Å². The maximum atomic E-state index is 13.6. The average Bonchev–Trinajstić information content (AvgIpc) is 2.71. The summed E-state index contributed by atoms with van der Waals surface area (Å²) in [5, 5.41) is 6.13. The van der Waals surface area contributed by atoms with Gasteiger partial charge in [-0.05, 0) is 42.0 Å². The minimum Gasteiger partial charge on any atom is -0.368 e. The Morgan fingerprint density at radius 3 is 2.38 bits per heavy atom. The van der Waals surface area contributed by atoms with Gasteiger partial charge >= 0.3 is 6.18 Å². The molecule has 0 aliphatic heterocycles. The van der Waals surface area contributed by atoms with E-state index < -0.39 is 17.6 Å². The quantitative estimate of drug-likeness (QED) is 0.524. The number of nitrogens with one attached hydrogen (secondary N) is 2. The fraction of sp³-hybridized carbons (Fsp3) is 0.150. The molecule has 0 aliphatic carbocycles. The Hall–Kier alpha value is -3.62. The van der Waals surface area contributed by atoms with Gasteiger partial charge in [0.25, 0.3) is 0 Å². The molecule has 0 bridgehead atoms. The molecule has 1 amide bonds. The van der Waals surface area contributed by atoms with Crippen LogP contribution in [0, 0.1) is 0 Å². The van der Waals surface area contributed by atoms with Crippen molar-refractivity contribution in [1.29, 1.82) is 0 Å². The van der Waals surface area contributed by atoms with Gasteiger partial charge in [0.05, 0.1) is 5.56 Å². The second-order valence-electron chi connectivity index (χ2n) is 6.09. The molecule has 6 nitrogen and oxygen atoms in total. The molecule has 3 rings (SSSR count). The molecule has 0 atom stereocenters. The monoisotopic (exact) mass is 401 g/mol. The molecule has 9 heteroatoms. The minimum atomic E-state index is -4.66. The van der Waals surface area contributed by atoms with Crippen LogP contribution < -0.4 is 16.4 Å². The zero-order chi connectivity index (χ0) is 20.9. The fourth-order valence-corrected chi connectivity index (χ4v) is 2.77. The molecule has 0 saturated carbocycles. The van der Waals surface area contributed by atoms with Crippen LogP contribution >= 0.6 is 0 Å². The molecular formula is C20H18F3N5O. The van der Waals surface area contributed by atoms with Crippen molar-refractivity contribution in [3.05, 3.63) is 72.1 Å². The van der Waals surface area contributed by atoms with E-state index in [0.29, 0.717) is 24.7 Å². The molecule has 29 heavy (non-hydrogen) atoms. The van der Waals surface area contributed by atoms with Gasteiger partial charge in [-0.2, -0.15) is 13.2 Å². The molecule has 4 N–H and O–H groups in total. The van der Waals surface area contributed by atoms with Gasteiger partial charge in [0.15, 0.2) is 0 Å². The van der Waals surface area contributed by atoms with Crippen molar-refractivity contribution in [1.82, 2.24) is 9.97 Å². The first-order valence-corrected chi connectivity index (χ1v) is 8.71. The van der Waals surface area contributed by atoms with Crippen LogP contribution in [0.15, 0.2) is 60.9 Å². The van der Waals surface area contributed by atoms with Crippen molar-refractivity contribution >= 4 is 17.5 Å². The summed E-state index contributed by atoms with van der Waals surface area (Å²) in [6, 6.07) is 11.8. The Morgan fingerprint density at radius 1 is 0.931 bits per heavy atom. The van der Waals surface area contributed by atoms with Crippen LogP contribution in [-0.2, 0) is 6.18 Å². The first-order chi connectivity index (χ1) is 13.9. The SMILES string of the molecule is NC(=O)c1ccc(-c2cccnc2NCCNc2ccccn2)c(C(F)(F)F)c1. The van der Waals surface area contributed by atoms with Gasteiger partial charge in [-0.3, -0.25) is 4.79 Å². The number of benzene rings is 1. The van der Waals surface area contributed by atoms with Gasteiger partial charge in [0.1, 0.15) is 11.6 Å². The van der Waals surface area contributed by atoms with Gasteiger partial charge < -0.3 is 16.4 Å². The number of halogens is 3. The van der Waals surface area contributed by atoms with Gasteiger partial charge in [0.2, 0.25) is 5.91 Å². The third kappa shape index (κ3) is 5.01. The van der Waals surface area contributed by atoms with Crippen molar-refractivity contribution in [3.63, 3.8) is 0 Å². The van der Waals surface area contributed by atoms with Gasteiger partial charge in [-0.15, -0.1) is 0 Å². The molecule has 3 aromatic rings. The van der Waals surface area contributed by atoms with E-state index in [4.69, 9.17) is 5.73 Å². The molecule has 0 saturated heterocycles. The number of amides is 1. The lowest BCUT2D eigenvalue weighted by Gasteiger charge is -2.17. The molecule has 0 aliphatic rings. The second-order valence-corrected chi connectivity index (χ2v) is 6.09. The number of anilines is 2. The Kier molecular flexibility index (Phi) is 5.96. The van der Waals surface area contributed by atoms with E-state index in [1.807, 2.05) is 12.1 Å². The number of hydrogen-bond acceptors (Lipinski definition) is 5. The summed E-state index contributed by atoms with van der Waals surface area (Å²) in [5.74, 6) is 0.0665. The highest BCUT2D eigenvalue weighted by molar-refractivity contribution is 5.94. The summed E-state index contributed by atoms with van der Waals surface area (Å²) in [6.07, 6.45) is -1.52. The summed E-state index contributed by atoms with van der Waals surface area (Å²) < 4.78 is 40.8. The van der Waals surface area contributed by atoms with Crippen molar-refractivity contribution in [3.8, 4) is 11.1 Å². The van der Waals surface area contributed by atoms with Crippen LogP contribution in [0.4, 0.5) is 24.8 Å². The number of pyridine rings is 2. The molecule has 2 heterocycles. The van der Waals surface area contributed by atoms with Crippen LogP contribution in [0.25, 0.3) is 11.1 Å². The third-order valence-corrected chi connectivity index (χ3v) is 4.10. The molecule has 0 fully saturated rings. The Morgan fingerprint density at radius 2 is 1.69 bits per heavy atom. The Bertz CT molecular complexity index is 993. The van der Waals surface area contributed by atoms with Crippen LogP contribution in [-0.4, -0.2) is 29.0 Å². The maximum Gasteiger partial charge on any atom is 0.417 e. The third-order valence-electron chi connectivity index (χ3n) is 4.10. The number of carbonyl (C=O) groups is 1. The smallest absolute Gasteiger partial charge is 0.368 e. The molecule has 0 radical (unpaired) electrons. The number of alkyl halides is 3. The number of nitrogens with two attached hydrogens (primary N) is 1. The number of aromatic nitrogens is 2. The zero-order valence-electron chi connectivity index (χ0n) is 15.2. The first kappa shape index (κ1) is 20.1. The van der Waals surface area contributed by atoms with E-state index in [1.54, 1.807) is 18.3 Å². The first-order valence-electron chi connectivity index (χ1n) is 8.71. The number of nitrogens with zero attached hydrogens (tertiary/aromatic N) is 2. The maximum absolute atomic E-state index is 13.6. The van der Waals surface area contributed by atoms with Gasteiger partial charge in [-0.1, -0.05) is 12.1 Å². The van der Waals surface area contributed by atoms with Crippen molar-refractivity contribution in [2.75, 3.05) is 23.7 Å². The molecular weight excluding hydrogens is 383 g/mol. The predicted molar refractivity (Wildman–Crippen MR) is 104 cm³/mol. The van der Waals surface area contributed by atoms with Crippen molar-refractivity contribution in [2.45, 2.75) is 6.18 Å². The zero-order valence-corrected chi connectivity index (χ0v) is 15.2. The Balaban J connectivity index is 1.84. The number of primary amides is 1. The van der Waals surface area contributed by atoms with E-state index >= 15 is 0 Å². The van der Waals surface area contributed by atoms with Gasteiger partial charge in [-0.25, -0.2) is 9.97 Å². The molecule has 150 valence electrons. The van der Waals surface area contributed by atoms with Gasteiger partial charge in [0, 0.05) is 36.6 Å². The fourth-order valence-electron chi connectivity index (χ4n) is 2.77. The van der Waals surface area contributed by atoms with E-state index in [9.17, 15) is 18.0 Å². The minimum absolute atomic E-state index is 0.0872. The lowest BCUT2D eigenvalue weighted by Crippen LogP contribution is -2.16. The summed E-state index contributed by atoms with van der Waals surface area (Å²) >= 11 is 0. The molecule has 0 spiro atoms. The highest BCUT2D eigenvalue weighted by Crippen LogP contribution is 2.39. The number of carbonyl (C=O) groups excluding carboxylic acids is 1. The van der Waals surface area contributed by atoms with Crippen LogP contribution in [0.5, 0.6) is 0 Å². The van der Waals surface area contributed by atoms with Crippen molar-refractivity contribution < 1.29 is 18.0 Å². The summed E-state index contributed by atoms with van der Waals surface area (Å²) in [5.41, 5.74) is 4.16. The largest absolute Gasteiger partial charge is 0.417 e. The normalized spacial score (nSPS) is 11.1. The molecule has 1 aromatic carbocycles. The van der Waals surface area contributed by atoms with E-state index in [1.165, 1.54) is 24.4 Å². The van der Waals surface area contributed by atoms with Crippen LogP contribution in [0.3, 0.4) is 0 Å². The number of rotatable bonds is 7. The summed E-state index contributed by atoms with van der Waals surface area (Å²) in [4.78, 5) is 19.6. The van der Waals surface area contributed by atoms with E-state index in [-0.39, 0.29) is 16.7 Å². The lowest BCUT2D eigenvalue weighted by molar-refractivity contribution is -0.137. The standard InChI is InChI=1S/C20H18F3N5O/c21-20(22,23)16-12-13(18(24)29)6-7-14(16)15-4-3-9-27-19(15)28-11-10-26-17-5-1-2-8-25-17/h1-9,12H,10-11H2,(H2,24,29)(H,25,26)(H,27,28). The van der Waals surface area contributed by atoms with E-state index in [0.717, 1.165) is 6.07 Å². The topological polar surface area (TPSA) is 92.9 Å². The van der Waals surface area contributed by atoms with Crippen LogP contribution in [0.1, 0.15) is 15.9 Å². The van der Waals surface area contributed by atoms with Crippen molar-refractivity contribution in [2.24, 2.45) is 5.73 Å². The Labute approximate surface area is 165 Å². The average molecular weight is 401 g/mol. The predicted octanol–water partition coefficient (Wildman–Crippen LogP) is 3.79. The summed E-state index contributed by atoms with van der Waals surface area (Å²) in [7, 11) is 0. The highest BCUT2D eigenvalue weighted by Gasteiger charge is 2.35. The highest BCUT2D eigenvalue weighted by atomic mass is 19.4. The van der Waals surface area contributed by atoms with E-state index in [2.05, 4.69) is 20.6 Å². The molecule has 0 unspecified atom stereocenters.